The smallest absolute Gasteiger partial charge is 0.0468 e. The minimum Gasteiger partial charge on any atom is -0.398 e. The number of nitrogens with one attached hydrogen (secondary N) is 1. The van der Waals surface area contributed by atoms with Gasteiger partial charge in [-0.3, -0.25) is 0 Å². The van der Waals surface area contributed by atoms with Crippen LogP contribution in [0.4, 0.5) is 5.69 Å². The minimum atomic E-state index is 0.387. The highest BCUT2D eigenvalue weighted by Gasteiger charge is 2.06. The van der Waals surface area contributed by atoms with Gasteiger partial charge in [0.25, 0.3) is 0 Å². The summed E-state index contributed by atoms with van der Waals surface area (Å²) in [6.07, 6.45) is 0. The maximum absolute atomic E-state index is 5.82. The summed E-state index contributed by atoms with van der Waals surface area (Å²) < 4.78 is 0. The van der Waals surface area contributed by atoms with E-state index in [1.807, 2.05) is 11.4 Å². The lowest BCUT2D eigenvalue weighted by Gasteiger charge is -2.11. The number of hydrogen-bond acceptors (Lipinski definition) is 4. The highest BCUT2D eigenvalue weighted by molar-refractivity contribution is 7.10. The largest absolute Gasteiger partial charge is 0.398 e. The molecule has 0 spiro atoms. The summed E-state index contributed by atoms with van der Waals surface area (Å²) in [6.45, 7) is 3.02. The minimum absolute atomic E-state index is 0.387. The van der Waals surface area contributed by atoms with Crippen LogP contribution in [0.1, 0.15) is 23.4 Å². The molecule has 0 aromatic carbocycles. The van der Waals surface area contributed by atoms with E-state index >= 15 is 0 Å². The molecule has 1 unspecified atom stereocenters. The molecule has 4 heteroatoms. The molecule has 3 N–H and O–H groups in total. The van der Waals surface area contributed by atoms with Gasteiger partial charge in [-0.2, -0.15) is 11.3 Å². The van der Waals surface area contributed by atoms with Crippen molar-refractivity contribution in [3.8, 4) is 0 Å². The van der Waals surface area contributed by atoms with Crippen LogP contribution in [0.15, 0.2) is 28.3 Å². The molecular formula is C11H14N2S2. The van der Waals surface area contributed by atoms with E-state index in [9.17, 15) is 0 Å². The van der Waals surface area contributed by atoms with Gasteiger partial charge in [-0.05, 0) is 40.8 Å². The lowest BCUT2D eigenvalue weighted by molar-refractivity contribution is 0.581. The van der Waals surface area contributed by atoms with Crippen molar-refractivity contribution in [1.29, 1.82) is 0 Å². The van der Waals surface area contributed by atoms with Crippen LogP contribution in [0.5, 0.6) is 0 Å². The van der Waals surface area contributed by atoms with Gasteiger partial charge in [-0.1, -0.05) is 0 Å². The molecule has 15 heavy (non-hydrogen) atoms. The number of hydrogen-bond donors (Lipinski definition) is 2. The molecule has 0 bridgehead atoms. The highest BCUT2D eigenvalue weighted by Crippen LogP contribution is 2.21. The third kappa shape index (κ3) is 2.59. The SMILES string of the molecule is CC(NCc1sccc1N)c1ccsc1. The van der Waals surface area contributed by atoms with Crippen LogP contribution in [0.2, 0.25) is 0 Å². The van der Waals surface area contributed by atoms with Crippen molar-refractivity contribution in [1.82, 2.24) is 5.32 Å². The Labute approximate surface area is 97.8 Å². The van der Waals surface area contributed by atoms with E-state index in [1.54, 1.807) is 22.7 Å². The van der Waals surface area contributed by atoms with Crippen LogP contribution in [0.3, 0.4) is 0 Å². The molecular weight excluding hydrogens is 224 g/mol. The first-order chi connectivity index (χ1) is 7.27. The Hall–Kier alpha value is -0.840. The molecule has 0 amide bonds. The second-order valence-electron chi connectivity index (χ2n) is 3.46. The number of rotatable bonds is 4. The van der Waals surface area contributed by atoms with Gasteiger partial charge >= 0.3 is 0 Å². The van der Waals surface area contributed by atoms with Gasteiger partial charge in [0.15, 0.2) is 0 Å². The number of nitrogens with two attached hydrogens (primary N) is 1. The Kier molecular flexibility index (Phi) is 3.41. The van der Waals surface area contributed by atoms with Crippen molar-refractivity contribution in [2.24, 2.45) is 0 Å². The van der Waals surface area contributed by atoms with Gasteiger partial charge in [0.2, 0.25) is 0 Å². The van der Waals surface area contributed by atoms with Crippen molar-refractivity contribution in [3.05, 3.63) is 38.7 Å². The molecule has 2 heterocycles. The maximum Gasteiger partial charge on any atom is 0.0468 e. The van der Waals surface area contributed by atoms with Crippen LogP contribution >= 0.6 is 22.7 Å². The summed E-state index contributed by atoms with van der Waals surface area (Å²) in [4.78, 5) is 1.22. The summed E-state index contributed by atoms with van der Waals surface area (Å²) in [5, 5.41) is 9.77. The fourth-order valence-corrected chi connectivity index (χ4v) is 2.88. The molecule has 0 fully saturated rings. The molecule has 2 aromatic rings. The third-order valence-corrected chi connectivity index (χ3v) is 4.03. The van der Waals surface area contributed by atoms with Crippen molar-refractivity contribution in [2.45, 2.75) is 19.5 Å². The Balaban J connectivity index is 1.91. The molecule has 0 aliphatic rings. The van der Waals surface area contributed by atoms with Crippen molar-refractivity contribution < 1.29 is 0 Å². The molecule has 2 aromatic heterocycles. The average Bonchev–Trinajstić information content (AvgIpc) is 2.85. The van der Waals surface area contributed by atoms with E-state index in [0.29, 0.717) is 6.04 Å². The van der Waals surface area contributed by atoms with Gasteiger partial charge in [-0.15, -0.1) is 11.3 Å². The van der Waals surface area contributed by atoms with Gasteiger partial charge in [-0.25, -0.2) is 0 Å². The molecule has 0 saturated heterocycles. The quantitative estimate of drug-likeness (QED) is 0.858. The van der Waals surface area contributed by atoms with E-state index in [-0.39, 0.29) is 0 Å². The molecule has 80 valence electrons. The topological polar surface area (TPSA) is 38.0 Å². The Morgan fingerprint density at radius 3 is 2.87 bits per heavy atom. The Morgan fingerprint density at radius 1 is 1.40 bits per heavy atom. The van der Waals surface area contributed by atoms with Gasteiger partial charge < -0.3 is 11.1 Å². The summed E-state index contributed by atoms with van der Waals surface area (Å²) in [6, 6.07) is 4.49. The predicted molar refractivity (Wildman–Crippen MR) is 68.3 cm³/mol. The molecule has 0 saturated carbocycles. The zero-order chi connectivity index (χ0) is 10.7. The molecule has 2 rings (SSSR count). The molecule has 0 radical (unpaired) electrons. The van der Waals surface area contributed by atoms with Crippen LogP contribution in [-0.4, -0.2) is 0 Å². The fourth-order valence-electron chi connectivity index (χ4n) is 1.38. The fraction of sp³-hybridized carbons (Fsp3) is 0.273. The lowest BCUT2D eigenvalue weighted by Crippen LogP contribution is -2.17. The van der Waals surface area contributed by atoms with Crippen molar-refractivity contribution in [3.63, 3.8) is 0 Å². The molecule has 0 aliphatic carbocycles. The summed E-state index contributed by atoms with van der Waals surface area (Å²) >= 11 is 3.44. The first kappa shape index (κ1) is 10.7. The van der Waals surface area contributed by atoms with Crippen LogP contribution in [-0.2, 0) is 6.54 Å². The van der Waals surface area contributed by atoms with E-state index in [0.717, 1.165) is 12.2 Å². The van der Waals surface area contributed by atoms with Gasteiger partial charge in [0, 0.05) is 23.2 Å². The average molecular weight is 238 g/mol. The maximum atomic E-state index is 5.82. The van der Waals surface area contributed by atoms with Crippen molar-refractivity contribution in [2.75, 3.05) is 5.73 Å². The number of thiophene rings is 2. The first-order valence-corrected chi connectivity index (χ1v) is 6.67. The first-order valence-electron chi connectivity index (χ1n) is 4.84. The molecule has 1 atom stereocenters. The molecule has 0 aliphatic heterocycles. The molecule has 2 nitrogen and oxygen atoms in total. The zero-order valence-electron chi connectivity index (χ0n) is 8.57. The third-order valence-electron chi connectivity index (χ3n) is 2.39. The van der Waals surface area contributed by atoms with Crippen LogP contribution in [0.25, 0.3) is 0 Å². The zero-order valence-corrected chi connectivity index (χ0v) is 10.2. The van der Waals surface area contributed by atoms with E-state index in [2.05, 4.69) is 29.1 Å². The monoisotopic (exact) mass is 238 g/mol. The lowest BCUT2D eigenvalue weighted by atomic mass is 10.2. The second kappa shape index (κ2) is 4.79. The van der Waals surface area contributed by atoms with Crippen LogP contribution in [0, 0.1) is 0 Å². The number of anilines is 1. The Bertz CT molecular complexity index is 406. The number of nitrogen functional groups attached to an aromatic ring is 1. The van der Waals surface area contributed by atoms with Crippen LogP contribution < -0.4 is 11.1 Å². The van der Waals surface area contributed by atoms with E-state index in [4.69, 9.17) is 5.73 Å². The highest BCUT2D eigenvalue weighted by atomic mass is 32.1. The van der Waals surface area contributed by atoms with Gasteiger partial charge in [0.05, 0.1) is 0 Å². The normalized spacial score (nSPS) is 12.9. The predicted octanol–water partition coefficient (Wildman–Crippen LogP) is 3.24. The van der Waals surface area contributed by atoms with E-state index < -0.39 is 0 Å². The van der Waals surface area contributed by atoms with E-state index in [1.165, 1.54) is 10.4 Å². The standard InChI is InChI=1S/C11H14N2S2/c1-8(9-2-4-14-7-9)13-6-11-10(12)3-5-15-11/h2-5,7-8,13H,6,12H2,1H3. The van der Waals surface area contributed by atoms with Gasteiger partial charge in [0.1, 0.15) is 0 Å². The summed E-state index contributed by atoms with van der Waals surface area (Å²) in [7, 11) is 0. The van der Waals surface area contributed by atoms with Crippen molar-refractivity contribution >= 4 is 28.4 Å². The second-order valence-corrected chi connectivity index (χ2v) is 5.24. The Morgan fingerprint density at radius 2 is 2.27 bits per heavy atom. The summed E-state index contributed by atoms with van der Waals surface area (Å²) in [5.41, 5.74) is 8.05. The summed E-state index contributed by atoms with van der Waals surface area (Å²) in [5.74, 6) is 0.